The lowest BCUT2D eigenvalue weighted by Crippen LogP contribution is -2.59. The van der Waals surface area contributed by atoms with Gasteiger partial charge in [-0.05, 0) is 32.1 Å². The Morgan fingerprint density at radius 1 is 1.44 bits per heavy atom. The van der Waals surface area contributed by atoms with E-state index < -0.39 is 0 Å². The van der Waals surface area contributed by atoms with Gasteiger partial charge >= 0.3 is 0 Å². The van der Waals surface area contributed by atoms with E-state index in [1.54, 1.807) is 4.90 Å². The highest BCUT2D eigenvalue weighted by Gasteiger charge is 2.47. The quantitative estimate of drug-likeness (QED) is 0.623. The maximum absolute atomic E-state index is 11.5. The van der Waals surface area contributed by atoms with Crippen molar-refractivity contribution in [3.63, 3.8) is 0 Å². The second-order valence-corrected chi connectivity index (χ2v) is 4.72. The molecule has 2 aliphatic rings. The molecule has 88 valence electrons. The maximum atomic E-state index is 11.5. The van der Waals surface area contributed by atoms with Gasteiger partial charge in [-0.25, -0.2) is 0 Å². The number of carbonyl (C=O) groups excluding carboxylic acids is 1. The predicted molar refractivity (Wildman–Crippen MR) is 58.6 cm³/mol. The number of carbonyl (C=O) groups is 1. The van der Waals surface area contributed by atoms with Gasteiger partial charge in [-0.2, -0.15) is 5.26 Å². The van der Waals surface area contributed by atoms with Gasteiger partial charge in [0.15, 0.2) is 0 Å². The molecular formula is C12H18N2O2. The Kier molecular flexibility index (Phi) is 3.15. The zero-order valence-electron chi connectivity index (χ0n) is 9.74. The summed E-state index contributed by atoms with van der Waals surface area (Å²) in [5, 5.41) is 9.30. The summed E-state index contributed by atoms with van der Waals surface area (Å²) >= 11 is 0. The minimum absolute atomic E-state index is 0.0141. The molecule has 2 rings (SSSR count). The van der Waals surface area contributed by atoms with Gasteiger partial charge in [-0.3, -0.25) is 4.79 Å². The number of amides is 1. The van der Waals surface area contributed by atoms with Crippen LogP contribution in [0.25, 0.3) is 0 Å². The van der Waals surface area contributed by atoms with Gasteiger partial charge < -0.3 is 9.64 Å². The van der Waals surface area contributed by atoms with Crippen LogP contribution in [0.5, 0.6) is 0 Å². The number of nitriles is 1. The molecule has 0 N–H and O–H groups in total. The number of likely N-dealkylation sites (tertiary alicyclic amines) is 1. The molecule has 0 aromatic rings. The molecule has 0 saturated carbocycles. The Morgan fingerprint density at radius 2 is 2.19 bits per heavy atom. The first-order valence-corrected chi connectivity index (χ1v) is 6.00. The SMILES string of the molecule is CC(=O)N1CCCC2(CCCCO2)C1C#N. The van der Waals surface area contributed by atoms with Crippen LogP contribution >= 0.6 is 0 Å². The Morgan fingerprint density at radius 3 is 2.75 bits per heavy atom. The Bertz CT molecular complexity index is 310. The minimum atomic E-state index is -0.390. The number of nitrogens with zero attached hydrogens (tertiary/aromatic N) is 2. The third kappa shape index (κ3) is 1.80. The van der Waals surface area contributed by atoms with E-state index in [1.165, 1.54) is 6.92 Å². The summed E-state index contributed by atoms with van der Waals surface area (Å²) in [6.07, 6.45) is 4.94. The second kappa shape index (κ2) is 4.42. The molecule has 4 nitrogen and oxygen atoms in total. The van der Waals surface area contributed by atoms with Crippen molar-refractivity contribution in [1.82, 2.24) is 4.90 Å². The van der Waals surface area contributed by atoms with E-state index >= 15 is 0 Å². The van der Waals surface area contributed by atoms with Crippen LogP contribution in [0, 0.1) is 11.3 Å². The van der Waals surface area contributed by atoms with Gasteiger partial charge in [-0.15, -0.1) is 0 Å². The van der Waals surface area contributed by atoms with Crippen molar-refractivity contribution < 1.29 is 9.53 Å². The van der Waals surface area contributed by atoms with Gasteiger partial charge in [0.2, 0.25) is 5.91 Å². The maximum Gasteiger partial charge on any atom is 0.220 e. The summed E-state index contributed by atoms with van der Waals surface area (Å²) in [6, 6.07) is 1.89. The zero-order chi connectivity index (χ0) is 11.6. The van der Waals surface area contributed by atoms with Crippen molar-refractivity contribution >= 4 is 5.91 Å². The van der Waals surface area contributed by atoms with E-state index in [0.717, 1.165) is 38.7 Å². The third-order valence-electron chi connectivity index (χ3n) is 3.72. The molecule has 2 heterocycles. The van der Waals surface area contributed by atoms with Gasteiger partial charge in [0.05, 0.1) is 6.07 Å². The molecule has 1 spiro atoms. The van der Waals surface area contributed by atoms with Crippen molar-refractivity contribution in [1.29, 1.82) is 5.26 Å². The van der Waals surface area contributed by atoms with Crippen LogP contribution in [-0.2, 0) is 9.53 Å². The molecule has 0 aromatic carbocycles. The van der Waals surface area contributed by atoms with Crippen LogP contribution in [-0.4, -0.2) is 35.6 Å². The van der Waals surface area contributed by atoms with E-state index in [9.17, 15) is 10.1 Å². The number of hydrogen-bond donors (Lipinski definition) is 0. The molecule has 0 aromatic heterocycles. The highest BCUT2D eigenvalue weighted by atomic mass is 16.5. The van der Waals surface area contributed by atoms with Gasteiger partial charge in [0, 0.05) is 20.1 Å². The number of hydrogen-bond acceptors (Lipinski definition) is 3. The molecular weight excluding hydrogens is 204 g/mol. The second-order valence-electron chi connectivity index (χ2n) is 4.72. The summed E-state index contributed by atoms with van der Waals surface area (Å²) in [4.78, 5) is 13.2. The van der Waals surface area contributed by atoms with E-state index in [4.69, 9.17) is 4.74 Å². The molecule has 2 atom stereocenters. The van der Waals surface area contributed by atoms with Crippen LogP contribution < -0.4 is 0 Å². The molecule has 2 saturated heterocycles. The van der Waals surface area contributed by atoms with Crippen LogP contribution in [0.1, 0.15) is 39.0 Å². The monoisotopic (exact) mass is 222 g/mol. The van der Waals surface area contributed by atoms with Crippen LogP contribution in [0.3, 0.4) is 0 Å². The molecule has 2 fully saturated rings. The van der Waals surface area contributed by atoms with Crippen molar-refractivity contribution in [2.45, 2.75) is 50.7 Å². The van der Waals surface area contributed by atoms with Gasteiger partial charge in [0.1, 0.15) is 11.6 Å². The molecule has 1 amide bonds. The number of rotatable bonds is 0. The summed E-state index contributed by atoms with van der Waals surface area (Å²) in [5.74, 6) is -0.0141. The molecule has 2 aliphatic heterocycles. The predicted octanol–water partition coefficient (Wildman–Crippen LogP) is 1.46. The van der Waals surface area contributed by atoms with Gasteiger partial charge in [-0.1, -0.05) is 0 Å². The minimum Gasteiger partial charge on any atom is -0.372 e. The average Bonchev–Trinajstić information content (AvgIpc) is 2.29. The smallest absolute Gasteiger partial charge is 0.220 e. The standard InChI is InChI=1S/C12H18N2O2/c1-10(15)14-7-4-6-12(11(14)9-13)5-2-3-8-16-12/h11H,2-8H2,1H3. The first-order chi connectivity index (χ1) is 7.69. The van der Waals surface area contributed by atoms with Crippen molar-refractivity contribution in [3.8, 4) is 6.07 Å². The lowest BCUT2D eigenvalue weighted by molar-refractivity contribution is -0.157. The molecule has 0 bridgehead atoms. The summed E-state index contributed by atoms with van der Waals surface area (Å²) < 4.78 is 5.87. The zero-order valence-corrected chi connectivity index (χ0v) is 9.74. The molecule has 4 heteroatoms. The molecule has 2 unspecified atom stereocenters. The van der Waals surface area contributed by atoms with Crippen LogP contribution in [0.4, 0.5) is 0 Å². The highest BCUT2D eigenvalue weighted by Crippen LogP contribution is 2.38. The highest BCUT2D eigenvalue weighted by molar-refractivity contribution is 5.74. The van der Waals surface area contributed by atoms with Crippen molar-refractivity contribution in [3.05, 3.63) is 0 Å². The van der Waals surface area contributed by atoms with E-state index in [2.05, 4.69) is 6.07 Å². The number of ether oxygens (including phenoxy) is 1. The van der Waals surface area contributed by atoms with Crippen molar-refractivity contribution in [2.24, 2.45) is 0 Å². The fraction of sp³-hybridized carbons (Fsp3) is 0.833. The van der Waals surface area contributed by atoms with E-state index in [-0.39, 0.29) is 17.6 Å². The molecule has 0 radical (unpaired) electrons. The summed E-state index contributed by atoms with van der Waals surface area (Å²) in [5.41, 5.74) is -0.378. The van der Waals surface area contributed by atoms with E-state index in [1.807, 2.05) is 0 Å². The topological polar surface area (TPSA) is 53.3 Å². The normalized spacial score (nSPS) is 34.8. The third-order valence-corrected chi connectivity index (χ3v) is 3.72. The molecule has 0 aliphatic carbocycles. The average molecular weight is 222 g/mol. The Hall–Kier alpha value is -1.08. The molecule has 16 heavy (non-hydrogen) atoms. The van der Waals surface area contributed by atoms with E-state index in [0.29, 0.717) is 6.54 Å². The Balaban J connectivity index is 2.23. The van der Waals surface area contributed by atoms with Crippen LogP contribution in [0.15, 0.2) is 0 Å². The lowest BCUT2D eigenvalue weighted by Gasteiger charge is -2.48. The van der Waals surface area contributed by atoms with Gasteiger partial charge in [0.25, 0.3) is 0 Å². The lowest BCUT2D eigenvalue weighted by atomic mass is 9.79. The van der Waals surface area contributed by atoms with Crippen LogP contribution in [0.2, 0.25) is 0 Å². The van der Waals surface area contributed by atoms with Crippen molar-refractivity contribution in [2.75, 3.05) is 13.2 Å². The first kappa shape index (κ1) is 11.4. The number of piperidine rings is 1. The fourth-order valence-corrected chi connectivity index (χ4v) is 2.91. The Labute approximate surface area is 96.2 Å². The summed E-state index contributed by atoms with van der Waals surface area (Å²) in [7, 11) is 0. The summed E-state index contributed by atoms with van der Waals surface area (Å²) in [6.45, 7) is 2.95. The fourth-order valence-electron chi connectivity index (χ4n) is 2.91. The largest absolute Gasteiger partial charge is 0.372 e. The first-order valence-electron chi connectivity index (χ1n) is 6.00.